The minimum atomic E-state index is -1.29. The highest BCUT2D eigenvalue weighted by molar-refractivity contribution is 8.00. The van der Waals surface area contributed by atoms with Crippen molar-refractivity contribution in [3.05, 3.63) is 28.7 Å². The molecular weight excluding hydrogens is 574 g/mol. The molecule has 5 aliphatic heterocycles. The van der Waals surface area contributed by atoms with Crippen molar-refractivity contribution in [3.8, 4) is 0 Å². The van der Waals surface area contributed by atoms with Gasteiger partial charge in [-0.1, -0.05) is 5.16 Å². The van der Waals surface area contributed by atoms with Gasteiger partial charge in [0.2, 0.25) is 17.4 Å². The van der Waals surface area contributed by atoms with E-state index >= 15 is 0 Å². The van der Waals surface area contributed by atoms with Gasteiger partial charge in [0.1, 0.15) is 17.1 Å². The summed E-state index contributed by atoms with van der Waals surface area (Å²) in [6.07, 6.45) is 3.05. The number of fused-ring (bicyclic) bond motifs is 1. The van der Waals surface area contributed by atoms with Crippen molar-refractivity contribution in [2.75, 3.05) is 50.8 Å². The molecule has 6 heterocycles. The number of hydrogen-bond acceptors (Lipinski definition) is 13. The van der Waals surface area contributed by atoms with Crippen LogP contribution in [0, 0.1) is 5.92 Å². The number of thioether (sulfide) groups is 1. The lowest BCUT2D eigenvalue weighted by Crippen LogP contribution is -2.71. The van der Waals surface area contributed by atoms with Crippen molar-refractivity contribution in [1.29, 1.82) is 0 Å². The van der Waals surface area contributed by atoms with Gasteiger partial charge in [-0.3, -0.25) is 19.3 Å². The molecule has 1 unspecified atom stereocenters. The Balaban J connectivity index is 1.13. The Labute approximate surface area is 242 Å². The summed E-state index contributed by atoms with van der Waals surface area (Å²) >= 11 is 2.08. The molecule has 3 amide bonds. The summed E-state index contributed by atoms with van der Waals surface area (Å²) in [6.45, 7) is 5.52. The summed E-state index contributed by atoms with van der Waals surface area (Å²) in [5, 5.41) is 27.4. The lowest BCUT2D eigenvalue weighted by Gasteiger charge is -2.49. The van der Waals surface area contributed by atoms with Gasteiger partial charge in [-0.25, -0.2) is 4.79 Å². The van der Waals surface area contributed by atoms with E-state index in [2.05, 4.69) is 30.0 Å². The second-order valence-corrected chi connectivity index (χ2v) is 12.5. The Morgan fingerprint density at radius 1 is 1.27 bits per heavy atom. The SMILES string of the molecule is Nc1nc(C(=NO)C(=O)N[C@@H]2C(=O)N3C(C(=O)O)=C(C=C4CCN(C5CCN(CC6CNC6)C5)C4=O)CS[C@H]23)ns1. The number of amides is 3. The highest BCUT2D eigenvalue weighted by Crippen LogP contribution is 2.41. The monoisotopic (exact) mass is 603 g/mol. The fourth-order valence-electron chi connectivity index (χ4n) is 5.89. The number of anilines is 1. The van der Waals surface area contributed by atoms with Crippen molar-refractivity contribution in [2.45, 2.75) is 30.3 Å². The lowest BCUT2D eigenvalue weighted by atomic mass is 10.0. The lowest BCUT2D eigenvalue weighted by molar-refractivity contribution is -0.150. The summed E-state index contributed by atoms with van der Waals surface area (Å²) in [5.74, 6) is -2.19. The maximum atomic E-state index is 13.3. The zero-order valence-electron chi connectivity index (χ0n) is 21.9. The molecule has 0 radical (unpaired) electrons. The molecule has 1 aromatic rings. The van der Waals surface area contributed by atoms with Gasteiger partial charge in [0.25, 0.3) is 11.8 Å². The summed E-state index contributed by atoms with van der Waals surface area (Å²) < 4.78 is 3.84. The number of carbonyl (C=O) groups is 4. The Bertz CT molecular complexity index is 1390. The van der Waals surface area contributed by atoms with Crippen molar-refractivity contribution < 1.29 is 29.5 Å². The van der Waals surface area contributed by atoms with Crippen molar-refractivity contribution in [3.63, 3.8) is 0 Å². The number of allylic oxidation sites excluding steroid dienone is 1. The molecule has 0 bridgehead atoms. The predicted molar refractivity (Wildman–Crippen MR) is 148 cm³/mol. The van der Waals surface area contributed by atoms with E-state index in [1.54, 1.807) is 6.08 Å². The third kappa shape index (κ3) is 5.06. The molecule has 0 saturated carbocycles. The minimum Gasteiger partial charge on any atom is -0.477 e. The first-order valence-corrected chi connectivity index (χ1v) is 15.1. The molecular formula is C24H29N9O6S2. The summed E-state index contributed by atoms with van der Waals surface area (Å²) in [7, 11) is 0. The molecule has 4 fully saturated rings. The molecule has 41 heavy (non-hydrogen) atoms. The third-order valence-electron chi connectivity index (χ3n) is 8.03. The van der Waals surface area contributed by atoms with Crippen LogP contribution >= 0.6 is 23.3 Å². The molecule has 1 aromatic heterocycles. The second-order valence-electron chi connectivity index (χ2n) is 10.6. The quantitative estimate of drug-likeness (QED) is 0.0756. The van der Waals surface area contributed by atoms with Crippen LogP contribution in [0.5, 0.6) is 0 Å². The first-order valence-electron chi connectivity index (χ1n) is 13.2. The van der Waals surface area contributed by atoms with Crippen molar-refractivity contribution in [1.82, 2.24) is 34.7 Å². The number of hydrogen-bond donors (Lipinski definition) is 5. The summed E-state index contributed by atoms with van der Waals surface area (Å²) in [6, 6.07) is -0.905. The van der Waals surface area contributed by atoms with E-state index in [0.717, 1.165) is 55.6 Å². The summed E-state index contributed by atoms with van der Waals surface area (Å²) in [5.41, 5.74) is 5.73. The van der Waals surface area contributed by atoms with E-state index in [-0.39, 0.29) is 34.4 Å². The number of aromatic nitrogens is 2. The maximum absolute atomic E-state index is 13.3. The number of nitrogens with two attached hydrogens (primary N) is 1. The first-order chi connectivity index (χ1) is 19.7. The molecule has 17 heteroatoms. The molecule has 6 N–H and O–H groups in total. The number of carboxylic acid groups (broad SMARTS) is 1. The molecule has 0 aromatic carbocycles. The molecule has 218 valence electrons. The van der Waals surface area contributed by atoms with Gasteiger partial charge in [0, 0.05) is 68.2 Å². The van der Waals surface area contributed by atoms with Gasteiger partial charge in [0.05, 0.1) is 0 Å². The van der Waals surface area contributed by atoms with Crippen LogP contribution in [0.15, 0.2) is 28.1 Å². The number of nitrogens with one attached hydrogen (secondary N) is 2. The number of oxime groups is 1. The molecule has 4 saturated heterocycles. The van der Waals surface area contributed by atoms with Crippen LogP contribution in [-0.2, 0) is 19.2 Å². The molecule has 3 atom stereocenters. The van der Waals surface area contributed by atoms with Gasteiger partial charge < -0.3 is 36.5 Å². The molecule has 0 aliphatic carbocycles. The average Bonchev–Trinajstić information content (AvgIpc) is 3.65. The van der Waals surface area contributed by atoms with E-state index < -0.39 is 34.9 Å². The Hall–Kier alpha value is -3.54. The highest BCUT2D eigenvalue weighted by Gasteiger charge is 2.54. The number of carboxylic acids is 1. The Morgan fingerprint density at radius 3 is 2.73 bits per heavy atom. The van der Waals surface area contributed by atoms with Crippen molar-refractivity contribution in [2.24, 2.45) is 11.1 Å². The number of aliphatic carboxylic acids is 1. The van der Waals surface area contributed by atoms with E-state index in [1.165, 1.54) is 11.8 Å². The second kappa shape index (κ2) is 11.0. The van der Waals surface area contributed by atoms with Gasteiger partial charge in [0.15, 0.2) is 5.13 Å². The molecule has 5 aliphatic rings. The van der Waals surface area contributed by atoms with Crippen LogP contribution in [0.4, 0.5) is 5.13 Å². The number of likely N-dealkylation sites (tertiary alicyclic amines) is 2. The minimum absolute atomic E-state index is 0.0661. The van der Waals surface area contributed by atoms with E-state index in [9.17, 15) is 29.5 Å². The average molecular weight is 604 g/mol. The number of β-lactam (4-membered cyclic amide) rings is 1. The van der Waals surface area contributed by atoms with E-state index in [4.69, 9.17) is 5.73 Å². The topological polar surface area (TPSA) is 207 Å². The fourth-order valence-corrected chi connectivity index (χ4v) is 7.63. The van der Waals surface area contributed by atoms with Crippen LogP contribution in [0.2, 0.25) is 0 Å². The largest absolute Gasteiger partial charge is 0.477 e. The van der Waals surface area contributed by atoms with Gasteiger partial charge in [-0.15, -0.1) is 11.8 Å². The zero-order valence-corrected chi connectivity index (χ0v) is 23.5. The number of nitrogen functional groups attached to an aromatic ring is 1. The Kier molecular flexibility index (Phi) is 7.43. The summed E-state index contributed by atoms with van der Waals surface area (Å²) in [4.78, 5) is 60.6. The standard InChI is InChI=1S/C24H29N9O6S2/c25-24-28-18(30-41-24)15(29-39)19(34)27-16-21(36)33-17(23(37)38)13(10-40-22(16)33)5-12-1-4-32(20(12)35)14-2-3-31(9-14)8-11-6-26-7-11/h5,11,14,16,22,26,39H,1-4,6-10H2,(H,27,34)(H,37,38)(H2,25,28,30)/t14?,16-,22-/m1/s1. The van der Waals surface area contributed by atoms with Gasteiger partial charge in [-0.05, 0) is 30.4 Å². The van der Waals surface area contributed by atoms with Gasteiger partial charge >= 0.3 is 5.97 Å². The van der Waals surface area contributed by atoms with Crippen LogP contribution < -0.4 is 16.4 Å². The Morgan fingerprint density at radius 2 is 2.07 bits per heavy atom. The molecule has 6 rings (SSSR count). The van der Waals surface area contributed by atoms with Crippen LogP contribution in [0.3, 0.4) is 0 Å². The number of nitrogens with zero attached hydrogens (tertiary/aromatic N) is 6. The first kappa shape index (κ1) is 27.6. The number of rotatable bonds is 8. The van der Waals surface area contributed by atoms with Gasteiger partial charge in [-0.2, -0.15) is 9.36 Å². The third-order valence-corrected chi connectivity index (χ3v) is 9.88. The predicted octanol–water partition coefficient (Wildman–Crippen LogP) is -1.51. The van der Waals surface area contributed by atoms with Crippen molar-refractivity contribution >= 4 is 57.8 Å². The normalized spacial score (nSPS) is 28.2. The fraction of sp³-hybridized carbons (Fsp3) is 0.542. The van der Waals surface area contributed by atoms with Crippen LogP contribution in [0.1, 0.15) is 18.7 Å². The highest BCUT2D eigenvalue weighted by atomic mass is 32.2. The van der Waals surface area contributed by atoms with E-state index in [1.807, 2.05) is 4.90 Å². The zero-order chi connectivity index (χ0) is 28.8. The van der Waals surface area contributed by atoms with Crippen LogP contribution in [-0.4, -0.2) is 126 Å². The molecule has 15 nitrogen and oxygen atoms in total. The van der Waals surface area contributed by atoms with Crippen LogP contribution in [0.25, 0.3) is 0 Å². The maximum Gasteiger partial charge on any atom is 0.352 e. The van der Waals surface area contributed by atoms with E-state index in [0.29, 0.717) is 30.0 Å². The molecule has 0 spiro atoms. The number of carbonyl (C=O) groups excluding carboxylic acids is 3. The smallest absolute Gasteiger partial charge is 0.352 e.